The average molecular weight is 987 g/mol. The number of aryl methyl sites for hydroxylation is 3. The molecule has 11 rings (SSSR count). The summed E-state index contributed by atoms with van der Waals surface area (Å²) in [6.07, 6.45) is 3.76. The topological polar surface area (TPSA) is 51.4 Å². The third kappa shape index (κ3) is 6.37. The molecule has 0 aliphatic carbocycles. The van der Waals surface area contributed by atoms with Gasteiger partial charge >= 0.3 is 0 Å². The van der Waals surface area contributed by atoms with Gasteiger partial charge in [0.25, 0.3) is 0 Å². The van der Waals surface area contributed by atoms with Crippen molar-refractivity contribution in [1.82, 2.24) is 19.1 Å². The second-order valence-electron chi connectivity index (χ2n) is 17.1. The van der Waals surface area contributed by atoms with Crippen LogP contribution in [0.1, 0.15) is 43.0 Å². The summed E-state index contributed by atoms with van der Waals surface area (Å²) in [6.45, 7) is 15.3. The summed E-state index contributed by atoms with van der Waals surface area (Å²) in [5.41, 5.74) is 12.8. The van der Waals surface area contributed by atoms with E-state index in [0.717, 1.165) is 78.0 Å². The maximum atomic E-state index is 6.95. The molecule has 6 aromatic carbocycles. The first-order chi connectivity index (χ1) is 29.6. The molecule has 0 spiro atoms. The standard InChI is InChI=1S/C54H43N6O.Pt/c1-34-27-35(2)51(36(3)28-34)57-33-58(53-47(57)21-14-25-56-53)49-32-40(30-44-42-18-11-12-19-45(42)59(52(44)49)38-15-8-7-9-16-38)61-39-22-23-43-41-17-10-13-20-46(41)60(48(43)31-39)50-29-37(24-26-55-50)54(4,5)6;/h7-30,33H,1-6H3;/q-3;. The van der Waals surface area contributed by atoms with Crippen molar-refractivity contribution in [3.05, 3.63) is 187 Å². The fourth-order valence-corrected chi connectivity index (χ4v) is 9.25. The Bertz CT molecular complexity index is 3340. The van der Waals surface area contributed by atoms with E-state index >= 15 is 0 Å². The number of hydrogen-bond acceptors (Lipinski definition) is 5. The summed E-state index contributed by atoms with van der Waals surface area (Å²) >= 11 is 0. The second-order valence-corrected chi connectivity index (χ2v) is 17.1. The molecule has 0 amide bonds. The SMILES string of the molecule is Cc1cc(C)c(N2[CH-]N(c3[c-]c(Oc4[c-]c5c(cc4)c4ccccc4n5-c4cc(C(C)(C)C)ccn4)cc4c5ccccc5n(-c5ccccc5)c34)c3ncccc32)c(C)c1.[Pt]. The zero-order chi connectivity index (χ0) is 41.6. The van der Waals surface area contributed by atoms with E-state index in [2.05, 4.69) is 201 Å². The molecule has 0 N–H and O–H groups in total. The molecule has 1 aliphatic rings. The monoisotopic (exact) mass is 986 g/mol. The van der Waals surface area contributed by atoms with Crippen LogP contribution in [0, 0.1) is 39.6 Å². The zero-order valence-electron chi connectivity index (χ0n) is 35.3. The summed E-state index contributed by atoms with van der Waals surface area (Å²) in [5, 5.41) is 4.35. The van der Waals surface area contributed by atoms with Gasteiger partial charge < -0.3 is 23.7 Å². The number of anilines is 4. The Morgan fingerprint density at radius 1 is 0.597 bits per heavy atom. The zero-order valence-corrected chi connectivity index (χ0v) is 37.6. The Morgan fingerprint density at radius 2 is 1.29 bits per heavy atom. The summed E-state index contributed by atoms with van der Waals surface area (Å²) in [5.74, 6) is 2.80. The normalized spacial score (nSPS) is 12.7. The van der Waals surface area contributed by atoms with Crippen LogP contribution in [0.4, 0.5) is 22.9 Å². The van der Waals surface area contributed by atoms with Crippen LogP contribution in [-0.4, -0.2) is 19.1 Å². The number of para-hydroxylation sites is 3. The van der Waals surface area contributed by atoms with Crippen LogP contribution in [0.5, 0.6) is 11.5 Å². The fraction of sp³-hybridized carbons (Fsp3) is 0.130. The first kappa shape index (κ1) is 39.4. The van der Waals surface area contributed by atoms with E-state index in [4.69, 9.17) is 14.7 Å². The van der Waals surface area contributed by atoms with Gasteiger partial charge in [-0.05, 0) is 108 Å². The molecule has 308 valence electrons. The van der Waals surface area contributed by atoms with Crippen LogP contribution in [0.3, 0.4) is 0 Å². The van der Waals surface area contributed by atoms with Gasteiger partial charge in [-0.2, -0.15) is 6.07 Å². The number of nitrogens with zero attached hydrogens (tertiary/aromatic N) is 6. The molecule has 5 heterocycles. The maximum absolute atomic E-state index is 6.95. The summed E-state index contributed by atoms with van der Waals surface area (Å²) in [7, 11) is 0. The Labute approximate surface area is 376 Å². The number of pyridine rings is 2. The van der Waals surface area contributed by atoms with Gasteiger partial charge in [-0.25, -0.2) is 9.97 Å². The fourth-order valence-electron chi connectivity index (χ4n) is 9.25. The van der Waals surface area contributed by atoms with E-state index in [1.165, 1.54) is 22.3 Å². The minimum atomic E-state index is -0.0398. The molecule has 0 fully saturated rings. The van der Waals surface area contributed by atoms with Crippen molar-refractivity contribution in [2.45, 2.75) is 47.0 Å². The Hall–Kier alpha value is -6.69. The Balaban J connectivity index is 0.00000458. The minimum absolute atomic E-state index is 0. The van der Waals surface area contributed by atoms with E-state index in [9.17, 15) is 0 Å². The van der Waals surface area contributed by atoms with Gasteiger partial charge in [-0.3, -0.25) is 0 Å². The Morgan fingerprint density at radius 3 is 2.03 bits per heavy atom. The molecule has 7 nitrogen and oxygen atoms in total. The molecule has 0 saturated carbocycles. The smallest absolute Gasteiger partial charge is 0.135 e. The van der Waals surface area contributed by atoms with Crippen molar-refractivity contribution in [2.75, 3.05) is 9.80 Å². The third-order valence-corrected chi connectivity index (χ3v) is 11.9. The van der Waals surface area contributed by atoms with Gasteiger partial charge in [0.1, 0.15) is 11.6 Å². The minimum Gasteiger partial charge on any atom is -0.509 e. The van der Waals surface area contributed by atoms with Crippen LogP contribution in [0.2, 0.25) is 0 Å². The van der Waals surface area contributed by atoms with Crippen LogP contribution >= 0.6 is 0 Å². The number of rotatable bonds is 6. The molecule has 8 heteroatoms. The quantitative estimate of drug-likeness (QED) is 0.155. The van der Waals surface area contributed by atoms with Gasteiger partial charge in [0.05, 0.1) is 5.69 Å². The van der Waals surface area contributed by atoms with Crippen molar-refractivity contribution >= 4 is 66.5 Å². The molecule has 1 aliphatic heterocycles. The number of aromatic nitrogens is 4. The summed E-state index contributed by atoms with van der Waals surface area (Å²) in [6, 6.07) is 54.2. The van der Waals surface area contributed by atoms with Gasteiger partial charge in [0.2, 0.25) is 0 Å². The molecule has 62 heavy (non-hydrogen) atoms. The molecule has 0 bridgehead atoms. The van der Waals surface area contributed by atoms with Crippen LogP contribution < -0.4 is 14.5 Å². The number of ether oxygens (including phenoxy) is 1. The first-order valence-electron chi connectivity index (χ1n) is 20.7. The van der Waals surface area contributed by atoms with Gasteiger partial charge in [-0.15, -0.1) is 36.3 Å². The van der Waals surface area contributed by atoms with Crippen LogP contribution in [-0.2, 0) is 26.5 Å². The maximum Gasteiger partial charge on any atom is 0.135 e. The van der Waals surface area contributed by atoms with Crippen LogP contribution in [0.25, 0.3) is 55.1 Å². The molecule has 0 unspecified atom stereocenters. The number of hydrogen-bond donors (Lipinski definition) is 0. The molecule has 0 atom stereocenters. The van der Waals surface area contributed by atoms with Crippen molar-refractivity contribution in [3.8, 4) is 23.0 Å². The van der Waals surface area contributed by atoms with E-state index in [0.29, 0.717) is 11.5 Å². The van der Waals surface area contributed by atoms with E-state index in [1.54, 1.807) is 0 Å². The van der Waals surface area contributed by atoms with E-state index in [1.807, 2.05) is 24.5 Å². The van der Waals surface area contributed by atoms with Crippen molar-refractivity contribution in [3.63, 3.8) is 0 Å². The Kier molecular flexibility index (Phi) is 9.57. The molecular weight excluding hydrogens is 944 g/mol. The summed E-state index contributed by atoms with van der Waals surface area (Å²) in [4.78, 5) is 14.3. The number of fused-ring (bicyclic) bond motifs is 7. The molecule has 10 aromatic rings. The largest absolute Gasteiger partial charge is 0.509 e. The van der Waals surface area contributed by atoms with Crippen molar-refractivity contribution in [1.29, 1.82) is 0 Å². The molecule has 4 aromatic heterocycles. The predicted molar refractivity (Wildman–Crippen MR) is 249 cm³/mol. The van der Waals surface area contributed by atoms with Gasteiger partial charge in [-0.1, -0.05) is 110 Å². The molecular formula is C54H43N6OPt-3. The third-order valence-electron chi connectivity index (χ3n) is 11.9. The van der Waals surface area contributed by atoms with E-state index < -0.39 is 0 Å². The van der Waals surface area contributed by atoms with Crippen LogP contribution in [0.15, 0.2) is 146 Å². The first-order valence-corrected chi connectivity index (χ1v) is 20.7. The van der Waals surface area contributed by atoms with Gasteiger partial charge in [0, 0.05) is 67.4 Å². The number of benzene rings is 6. The van der Waals surface area contributed by atoms with Gasteiger partial charge in [0.15, 0.2) is 0 Å². The summed E-state index contributed by atoms with van der Waals surface area (Å²) < 4.78 is 11.5. The molecule has 0 radical (unpaired) electrons. The van der Waals surface area contributed by atoms with E-state index in [-0.39, 0.29) is 26.5 Å². The van der Waals surface area contributed by atoms with Crippen molar-refractivity contribution in [2.24, 2.45) is 0 Å². The second kappa shape index (κ2) is 15.0. The predicted octanol–water partition coefficient (Wildman–Crippen LogP) is 13.7. The average Bonchev–Trinajstić information content (AvgIpc) is 3.91. The molecule has 0 saturated heterocycles. The van der Waals surface area contributed by atoms with Crippen molar-refractivity contribution < 1.29 is 25.8 Å².